The smallest absolute Gasteiger partial charge is 0.416 e. The SMILES string of the molecule is Cc1c(CC(NC(=O)OC(C)(C)C)C(=O)O)cccc1C(F)(F)F. The highest BCUT2D eigenvalue weighted by Gasteiger charge is 2.33. The summed E-state index contributed by atoms with van der Waals surface area (Å²) in [6.07, 6.45) is -5.76. The van der Waals surface area contributed by atoms with Crippen LogP contribution in [0.15, 0.2) is 18.2 Å². The van der Waals surface area contributed by atoms with Crippen molar-refractivity contribution >= 4 is 12.1 Å². The normalized spacial score (nSPS) is 13.3. The molecule has 1 rings (SSSR count). The minimum Gasteiger partial charge on any atom is -0.480 e. The van der Waals surface area contributed by atoms with Crippen LogP contribution in [0.2, 0.25) is 0 Å². The van der Waals surface area contributed by atoms with Crippen molar-refractivity contribution in [2.75, 3.05) is 0 Å². The fourth-order valence-corrected chi connectivity index (χ4v) is 2.08. The van der Waals surface area contributed by atoms with E-state index in [0.717, 1.165) is 6.07 Å². The summed E-state index contributed by atoms with van der Waals surface area (Å²) in [7, 11) is 0. The fourth-order valence-electron chi connectivity index (χ4n) is 2.08. The summed E-state index contributed by atoms with van der Waals surface area (Å²) >= 11 is 0. The predicted molar refractivity (Wildman–Crippen MR) is 80.7 cm³/mol. The van der Waals surface area contributed by atoms with Crippen LogP contribution in [0.5, 0.6) is 0 Å². The van der Waals surface area contributed by atoms with E-state index in [2.05, 4.69) is 5.32 Å². The second-order valence-electron chi connectivity index (χ2n) is 6.33. The fraction of sp³-hybridized carbons (Fsp3) is 0.500. The third kappa shape index (κ3) is 5.75. The molecule has 1 atom stereocenters. The molecule has 0 aliphatic rings. The lowest BCUT2D eigenvalue weighted by Gasteiger charge is -2.22. The summed E-state index contributed by atoms with van der Waals surface area (Å²) in [5.41, 5.74) is -1.53. The molecule has 0 saturated carbocycles. The minimum atomic E-state index is -4.53. The largest absolute Gasteiger partial charge is 0.480 e. The van der Waals surface area contributed by atoms with Crippen LogP contribution in [0.4, 0.5) is 18.0 Å². The van der Waals surface area contributed by atoms with E-state index in [-0.39, 0.29) is 17.5 Å². The van der Waals surface area contributed by atoms with Crippen LogP contribution >= 0.6 is 0 Å². The molecule has 24 heavy (non-hydrogen) atoms. The first kappa shape index (κ1) is 19.8. The molecule has 5 nitrogen and oxygen atoms in total. The number of carboxylic acid groups (broad SMARTS) is 1. The van der Waals surface area contributed by atoms with Gasteiger partial charge in [0.2, 0.25) is 0 Å². The van der Waals surface area contributed by atoms with E-state index in [1.165, 1.54) is 19.1 Å². The maximum Gasteiger partial charge on any atom is 0.416 e. The number of hydrogen-bond donors (Lipinski definition) is 2. The van der Waals surface area contributed by atoms with Gasteiger partial charge < -0.3 is 15.2 Å². The second kappa shape index (κ2) is 7.11. The molecule has 0 heterocycles. The number of carboxylic acids is 1. The number of rotatable bonds is 4. The lowest BCUT2D eigenvalue weighted by molar-refractivity contribution is -0.139. The average molecular weight is 347 g/mol. The number of ether oxygens (including phenoxy) is 1. The van der Waals surface area contributed by atoms with Crippen molar-refractivity contribution < 1.29 is 32.6 Å². The van der Waals surface area contributed by atoms with Gasteiger partial charge in [-0.1, -0.05) is 12.1 Å². The van der Waals surface area contributed by atoms with Crippen molar-refractivity contribution in [1.29, 1.82) is 0 Å². The van der Waals surface area contributed by atoms with Crippen LogP contribution in [0.1, 0.15) is 37.5 Å². The lowest BCUT2D eigenvalue weighted by atomic mass is 9.96. The number of alkyl halides is 3. The molecule has 1 amide bonds. The zero-order chi connectivity index (χ0) is 18.7. The molecule has 0 fully saturated rings. The Kier molecular flexibility index (Phi) is 5.86. The lowest BCUT2D eigenvalue weighted by Crippen LogP contribution is -2.44. The molecule has 0 aromatic heterocycles. The molecule has 8 heteroatoms. The van der Waals surface area contributed by atoms with Crippen molar-refractivity contribution in [2.45, 2.75) is 51.9 Å². The molecule has 0 aliphatic carbocycles. The number of hydrogen-bond acceptors (Lipinski definition) is 3. The van der Waals surface area contributed by atoms with Gasteiger partial charge >= 0.3 is 18.2 Å². The van der Waals surface area contributed by atoms with Crippen LogP contribution in [-0.4, -0.2) is 28.8 Å². The van der Waals surface area contributed by atoms with E-state index in [4.69, 9.17) is 4.74 Å². The maximum atomic E-state index is 12.9. The highest BCUT2D eigenvalue weighted by atomic mass is 19.4. The van der Waals surface area contributed by atoms with Crippen LogP contribution in [-0.2, 0) is 22.1 Å². The van der Waals surface area contributed by atoms with Crippen molar-refractivity contribution in [3.05, 3.63) is 34.9 Å². The van der Waals surface area contributed by atoms with Gasteiger partial charge in [0.15, 0.2) is 0 Å². The molecule has 134 valence electrons. The molecule has 1 unspecified atom stereocenters. The first-order valence-electron chi connectivity index (χ1n) is 7.19. The Balaban J connectivity index is 2.98. The van der Waals surface area contributed by atoms with Gasteiger partial charge in [-0.15, -0.1) is 0 Å². The quantitative estimate of drug-likeness (QED) is 0.874. The Morgan fingerprint density at radius 3 is 2.29 bits per heavy atom. The van der Waals surface area contributed by atoms with Gasteiger partial charge in [-0.3, -0.25) is 0 Å². The highest BCUT2D eigenvalue weighted by molar-refractivity contribution is 5.80. The van der Waals surface area contributed by atoms with E-state index < -0.39 is 35.4 Å². The Bertz CT molecular complexity index is 621. The van der Waals surface area contributed by atoms with Crippen molar-refractivity contribution in [1.82, 2.24) is 5.32 Å². The number of nitrogens with one attached hydrogen (secondary N) is 1. The zero-order valence-electron chi connectivity index (χ0n) is 13.8. The highest BCUT2D eigenvalue weighted by Crippen LogP contribution is 2.33. The molecule has 1 aromatic carbocycles. The Morgan fingerprint density at radius 2 is 1.83 bits per heavy atom. The van der Waals surface area contributed by atoms with Crippen molar-refractivity contribution in [3.8, 4) is 0 Å². The van der Waals surface area contributed by atoms with Gasteiger partial charge in [-0.2, -0.15) is 13.2 Å². The number of benzene rings is 1. The Hall–Kier alpha value is -2.25. The molecule has 0 aliphatic heterocycles. The molecule has 0 bridgehead atoms. The van der Waals surface area contributed by atoms with Gasteiger partial charge in [-0.05, 0) is 44.9 Å². The van der Waals surface area contributed by atoms with Crippen LogP contribution in [0, 0.1) is 6.92 Å². The van der Waals surface area contributed by atoms with E-state index in [9.17, 15) is 27.9 Å². The van der Waals surface area contributed by atoms with Crippen LogP contribution in [0.3, 0.4) is 0 Å². The maximum absolute atomic E-state index is 12.9. The molecule has 2 N–H and O–H groups in total. The number of alkyl carbamates (subject to hydrolysis) is 1. The Labute approximate surface area is 137 Å². The number of carbonyl (C=O) groups excluding carboxylic acids is 1. The standard InChI is InChI=1S/C16H20F3NO4/c1-9-10(6-5-7-11(9)16(17,18)19)8-12(13(21)22)20-14(23)24-15(2,3)4/h5-7,12H,8H2,1-4H3,(H,20,23)(H,21,22). The number of amides is 1. The number of halogens is 3. The first-order chi connectivity index (χ1) is 10.8. The number of carbonyl (C=O) groups is 2. The number of aliphatic carboxylic acids is 1. The van der Waals surface area contributed by atoms with Gasteiger partial charge in [0.1, 0.15) is 11.6 Å². The summed E-state index contributed by atoms with van der Waals surface area (Å²) < 4.78 is 43.7. The van der Waals surface area contributed by atoms with E-state index >= 15 is 0 Å². The predicted octanol–water partition coefficient (Wildman–Crippen LogP) is 3.53. The van der Waals surface area contributed by atoms with E-state index in [0.29, 0.717) is 0 Å². The summed E-state index contributed by atoms with van der Waals surface area (Å²) in [6.45, 7) is 6.10. The van der Waals surface area contributed by atoms with Gasteiger partial charge in [0, 0.05) is 6.42 Å². The third-order valence-corrected chi connectivity index (χ3v) is 3.16. The van der Waals surface area contributed by atoms with Crippen LogP contribution in [0.25, 0.3) is 0 Å². The van der Waals surface area contributed by atoms with Gasteiger partial charge in [0.05, 0.1) is 5.56 Å². The second-order valence-corrected chi connectivity index (χ2v) is 6.33. The van der Waals surface area contributed by atoms with Gasteiger partial charge in [0.25, 0.3) is 0 Å². The summed E-state index contributed by atoms with van der Waals surface area (Å²) in [5, 5.41) is 11.4. The zero-order valence-corrected chi connectivity index (χ0v) is 13.8. The summed E-state index contributed by atoms with van der Waals surface area (Å²) in [6, 6.07) is 2.13. The molecular formula is C16H20F3NO4. The molecule has 0 spiro atoms. The van der Waals surface area contributed by atoms with Crippen LogP contribution < -0.4 is 5.32 Å². The summed E-state index contributed by atoms with van der Waals surface area (Å²) in [4.78, 5) is 23.0. The summed E-state index contributed by atoms with van der Waals surface area (Å²) in [5.74, 6) is -1.36. The average Bonchev–Trinajstić information content (AvgIpc) is 2.36. The molecule has 0 saturated heterocycles. The monoisotopic (exact) mass is 347 g/mol. The first-order valence-corrected chi connectivity index (χ1v) is 7.19. The molecule has 1 aromatic rings. The van der Waals surface area contributed by atoms with Crippen molar-refractivity contribution in [3.63, 3.8) is 0 Å². The van der Waals surface area contributed by atoms with E-state index in [1.54, 1.807) is 20.8 Å². The molecular weight excluding hydrogens is 327 g/mol. The third-order valence-electron chi connectivity index (χ3n) is 3.16. The topological polar surface area (TPSA) is 75.6 Å². The van der Waals surface area contributed by atoms with E-state index in [1.807, 2.05) is 0 Å². The molecule has 0 radical (unpaired) electrons. The van der Waals surface area contributed by atoms with Gasteiger partial charge in [-0.25, -0.2) is 9.59 Å². The van der Waals surface area contributed by atoms with Crippen molar-refractivity contribution in [2.24, 2.45) is 0 Å². The minimum absolute atomic E-state index is 0.0674. The Morgan fingerprint density at radius 1 is 1.25 bits per heavy atom.